The summed E-state index contributed by atoms with van der Waals surface area (Å²) in [5, 5.41) is 12.5. The van der Waals surface area contributed by atoms with Crippen molar-refractivity contribution in [3.63, 3.8) is 0 Å². The number of hydrogen-bond acceptors (Lipinski definition) is 2. The third-order valence-electron chi connectivity index (χ3n) is 4.25. The summed E-state index contributed by atoms with van der Waals surface area (Å²) in [7, 11) is 0. The van der Waals surface area contributed by atoms with Crippen LogP contribution in [-0.2, 0) is 0 Å². The Balaban J connectivity index is 1.53. The lowest BCUT2D eigenvalue weighted by Crippen LogP contribution is -3.14. The molecule has 112 valence electrons. The van der Waals surface area contributed by atoms with Crippen molar-refractivity contribution in [2.45, 2.75) is 25.4 Å². The second-order valence-electron chi connectivity index (χ2n) is 5.99. The molecule has 2 aromatic carbocycles. The number of fused-ring (bicyclic) bond motifs is 1. The number of rotatable bonds is 5. The first-order valence-electron chi connectivity index (χ1n) is 7.94. The number of piperidine rings is 1. The van der Waals surface area contributed by atoms with Crippen molar-refractivity contribution in [1.82, 2.24) is 0 Å². The van der Waals surface area contributed by atoms with Crippen molar-refractivity contribution >= 4 is 10.8 Å². The molecule has 1 atom stereocenters. The fraction of sp³-hybridized carbons (Fsp3) is 0.444. The first-order valence-corrected chi connectivity index (χ1v) is 7.94. The fourth-order valence-electron chi connectivity index (χ4n) is 3.10. The van der Waals surface area contributed by atoms with Gasteiger partial charge < -0.3 is 14.7 Å². The summed E-state index contributed by atoms with van der Waals surface area (Å²) in [6, 6.07) is 14.3. The number of quaternary nitrogens is 1. The van der Waals surface area contributed by atoms with Gasteiger partial charge in [-0.25, -0.2) is 0 Å². The molecule has 0 saturated carbocycles. The molecule has 0 aromatic heterocycles. The van der Waals surface area contributed by atoms with Gasteiger partial charge in [-0.3, -0.25) is 0 Å². The Morgan fingerprint density at radius 3 is 2.57 bits per heavy atom. The molecule has 1 fully saturated rings. The number of nitrogens with one attached hydrogen (secondary N) is 1. The van der Waals surface area contributed by atoms with Gasteiger partial charge in [-0.05, 0) is 42.2 Å². The highest BCUT2D eigenvalue weighted by molar-refractivity contribution is 5.83. The first-order chi connectivity index (χ1) is 10.3. The predicted octanol–water partition coefficient (Wildman–Crippen LogP) is 1.65. The van der Waals surface area contributed by atoms with Crippen molar-refractivity contribution in [3.05, 3.63) is 42.5 Å². The maximum Gasteiger partial charge on any atom is 0.137 e. The Hall–Kier alpha value is -1.58. The van der Waals surface area contributed by atoms with E-state index in [4.69, 9.17) is 4.74 Å². The van der Waals surface area contributed by atoms with Crippen LogP contribution in [0.5, 0.6) is 5.75 Å². The third-order valence-corrected chi connectivity index (χ3v) is 4.25. The molecule has 3 nitrogen and oxygen atoms in total. The minimum atomic E-state index is -0.385. The molecule has 0 bridgehead atoms. The van der Waals surface area contributed by atoms with E-state index in [9.17, 15) is 5.11 Å². The van der Waals surface area contributed by atoms with Gasteiger partial charge in [-0.15, -0.1) is 0 Å². The molecule has 1 aliphatic rings. The number of aliphatic hydroxyl groups excluding tert-OH is 1. The van der Waals surface area contributed by atoms with E-state index < -0.39 is 0 Å². The summed E-state index contributed by atoms with van der Waals surface area (Å²) in [5.74, 6) is 0.835. The van der Waals surface area contributed by atoms with E-state index in [0.29, 0.717) is 6.61 Å². The van der Waals surface area contributed by atoms with E-state index in [2.05, 4.69) is 18.2 Å². The molecule has 2 N–H and O–H groups in total. The molecule has 3 rings (SSSR count). The molecule has 1 aliphatic heterocycles. The quantitative estimate of drug-likeness (QED) is 0.876. The highest BCUT2D eigenvalue weighted by Gasteiger charge is 2.18. The summed E-state index contributed by atoms with van der Waals surface area (Å²) < 4.78 is 5.75. The second-order valence-corrected chi connectivity index (χ2v) is 5.99. The summed E-state index contributed by atoms with van der Waals surface area (Å²) >= 11 is 0. The zero-order valence-electron chi connectivity index (χ0n) is 12.4. The van der Waals surface area contributed by atoms with Crippen LogP contribution in [0.2, 0.25) is 0 Å². The van der Waals surface area contributed by atoms with Crippen LogP contribution in [0, 0.1) is 0 Å². The Morgan fingerprint density at radius 1 is 1.00 bits per heavy atom. The van der Waals surface area contributed by atoms with Gasteiger partial charge in [0, 0.05) is 0 Å². The molecular formula is C18H24NO2+. The molecular weight excluding hydrogens is 262 g/mol. The molecule has 21 heavy (non-hydrogen) atoms. The van der Waals surface area contributed by atoms with E-state index in [0.717, 1.165) is 12.3 Å². The monoisotopic (exact) mass is 286 g/mol. The number of likely N-dealkylation sites (tertiary alicyclic amines) is 1. The standard InChI is InChI=1S/C18H23NO2/c20-17(13-19-10-4-1-5-11-19)14-21-18-9-8-15-6-2-3-7-16(15)12-18/h2-3,6-9,12,17,20H,1,4-5,10-11,13-14H2/p+1. The lowest BCUT2D eigenvalue weighted by Gasteiger charge is -2.25. The lowest BCUT2D eigenvalue weighted by atomic mass is 10.1. The first kappa shape index (κ1) is 14.4. The molecule has 1 heterocycles. The van der Waals surface area contributed by atoms with Gasteiger partial charge in [0.05, 0.1) is 13.1 Å². The van der Waals surface area contributed by atoms with Gasteiger partial charge in [0.1, 0.15) is 25.0 Å². The van der Waals surface area contributed by atoms with Crippen LogP contribution >= 0.6 is 0 Å². The molecule has 0 spiro atoms. The fourth-order valence-corrected chi connectivity index (χ4v) is 3.10. The average molecular weight is 286 g/mol. The van der Waals surface area contributed by atoms with E-state index in [-0.39, 0.29) is 6.10 Å². The highest BCUT2D eigenvalue weighted by atomic mass is 16.5. The summed E-state index contributed by atoms with van der Waals surface area (Å²) in [6.45, 7) is 3.55. The van der Waals surface area contributed by atoms with Gasteiger partial charge in [-0.2, -0.15) is 0 Å². The van der Waals surface area contributed by atoms with Gasteiger partial charge >= 0.3 is 0 Å². The van der Waals surface area contributed by atoms with E-state index in [1.807, 2.05) is 24.3 Å². The summed E-state index contributed by atoms with van der Waals surface area (Å²) in [6.07, 6.45) is 3.53. The number of benzene rings is 2. The normalized spacial score (nSPS) is 17.8. The largest absolute Gasteiger partial charge is 0.491 e. The summed E-state index contributed by atoms with van der Waals surface area (Å²) in [4.78, 5) is 1.51. The zero-order valence-corrected chi connectivity index (χ0v) is 12.4. The van der Waals surface area contributed by atoms with Crippen LogP contribution in [0.15, 0.2) is 42.5 Å². The molecule has 0 aliphatic carbocycles. The van der Waals surface area contributed by atoms with E-state index >= 15 is 0 Å². The lowest BCUT2D eigenvalue weighted by molar-refractivity contribution is -0.908. The Morgan fingerprint density at radius 2 is 1.76 bits per heavy atom. The minimum Gasteiger partial charge on any atom is -0.491 e. The molecule has 0 radical (unpaired) electrons. The number of ether oxygens (including phenoxy) is 1. The predicted molar refractivity (Wildman–Crippen MR) is 84.9 cm³/mol. The summed E-state index contributed by atoms with van der Waals surface area (Å²) in [5.41, 5.74) is 0. The topological polar surface area (TPSA) is 33.9 Å². The number of aliphatic hydroxyl groups is 1. The van der Waals surface area contributed by atoms with E-state index in [1.54, 1.807) is 0 Å². The minimum absolute atomic E-state index is 0.377. The highest BCUT2D eigenvalue weighted by Crippen LogP contribution is 2.20. The second kappa shape index (κ2) is 6.92. The Kier molecular flexibility index (Phi) is 4.73. The van der Waals surface area contributed by atoms with Crippen LogP contribution in [0.1, 0.15) is 19.3 Å². The van der Waals surface area contributed by atoms with Gasteiger partial charge in [0.15, 0.2) is 0 Å². The van der Waals surface area contributed by atoms with Crippen LogP contribution in [0.3, 0.4) is 0 Å². The zero-order chi connectivity index (χ0) is 14.5. The van der Waals surface area contributed by atoms with E-state index in [1.165, 1.54) is 48.0 Å². The SMILES string of the molecule is OC(COc1ccc2ccccc2c1)C[NH+]1CCCCC1. The van der Waals surface area contributed by atoms with Crippen molar-refractivity contribution in [3.8, 4) is 5.75 Å². The number of hydrogen-bond donors (Lipinski definition) is 2. The van der Waals surface area contributed by atoms with Crippen molar-refractivity contribution in [2.75, 3.05) is 26.2 Å². The molecule has 3 heteroatoms. The molecule has 0 amide bonds. The van der Waals surface area contributed by atoms with Gasteiger partial charge in [0.25, 0.3) is 0 Å². The molecule has 2 aromatic rings. The van der Waals surface area contributed by atoms with Gasteiger partial charge in [0.2, 0.25) is 0 Å². The smallest absolute Gasteiger partial charge is 0.137 e. The Labute approximate surface area is 126 Å². The van der Waals surface area contributed by atoms with Crippen molar-refractivity contribution in [2.24, 2.45) is 0 Å². The van der Waals surface area contributed by atoms with Crippen LogP contribution < -0.4 is 9.64 Å². The molecule has 1 saturated heterocycles. The van der Waals surface area contributed by atoms with Crippen LogP contribution in [0.25, 0.3) is 10.8 Å². The van der Waals surface area contributed by atoms with Crippen LogP contribution in [0.4, 0.5) is 0 Å². The average Bonchev–Trinajstić information content (AvgIpc) is 2.54. The molecule has 1 unspecified atom stereocenters. The maximum atomic E-state index is 10.1. The Bertz CT molecular complexity index is 578. The maximum absolute atomic E-state index is 10.1. The van der Waals surface area contributed by atoms with Crippen LogP contribution in [-0.4, -0.2) is 37.5 Å². The van der Waals surface area contributed by atoms with Crippen molar-refractivity contribution < 1.29 is 14.7 Å². The third kappa shape index (κ3) is 3.96. The van der Waals surface area contributed by atoms with Crippen molar-refractivity contribution in [1.29, 1.82) is 0 Å². The van der Waals surface area contributed by atoms with Gasteiger partial charge in [-0.1, -0.05) is 30.3 Å².